The van der Waals surface area contributed by atoms with E-state index in [9.17, 15) is 0 Å². The predicted molar refractivity (Wildman–Crippen MR) is 82.3 cm³/mol. The SMILES string of the molecule is CCCc1cc[pH]c1C1=C(C)c2ccccc2[CH]1. The average Bonchev–Trinajstić information content (AvgIpc) is 2.96. The Morgan fingerprint density at radius 2 is 1.94 bits per heavy atom. The Morgan fingerprint density at radius 1 is 1.11 bits per heavy atom. The molecule has 1 aromatic heterocycles. The van der Waals surface area contributed by atoms with Crippen LogP contribution in [0.15, 0.2) is 36.1 Å². The highest BCUT2D eigenvalue weighted by Gasteiger charge is 2.21. The number of benzene rings is 1. The summed E-state index contributed by atoms with van der Waals surface area (Å²) in [6.07, 6.45) is 4.81. The maximum atomic E-state index is 2.37. The van der Waals surface area contributed by atoms with E-state index < -0.39 is 0 Å². The Morgan fingerprint density at radius 3 is 2.72 bits per heavy atom. The Hall–Kier alpha value is -1.26. The maximum absolute atomic E-state index is 2.37. The third-order valence-electron chi connectivity index (χ3n) is 3.69. The van der Waals surface area contributed by atoms with E-state index in [1.807, 2.05) is 0 Å². The van der Waals surface area contributed by atoms with Crippen LogP contribution in [0.25, 0.3) is 11.1 Å². The fraction of sp³-hybridized carbons (Fsp3) is 0.235. The zero-order valence-corrected chi connectivity index (χ0v) is 12.0. The molecule has 0 N–H and O–H groups in total. The van der Waals surface area contributed by atoms with Crippen molar-refractivity contribution >= 4 is 19.3 Å². The third-order valence-corrected chi connectivity index (χ3v) is 4.90. The predicted octanol–water partition coefficient (Wildman–Crippen LogP) is 5.17. The molecular weight excluding hydrogens is 235 g/mol. The molecule has 0 amide bonds. The van der Waals surface area contributed by atoms with Crippen molar-refractivity contribution in [3.63, 3.8) is 0 Å². The minimum absolute atomic E-state index is 0.848. The van der Waals surface area contributed by atoms with Crippen molar-refractivity contribution in [2.75, 3.05) is 0 Å². The number of hydrogen-bond acceptors (Lipinski definition) is 0. The summed E-state index contributed by atoms with van der Waals surface area (Å²) < 4.78 is 0. The van der Waals surface area contributed by atoms with Crippen LogP contribution in [-0.4, -0.2) is 0 Å². The maximum Gasteiger partial charge on any atom is 0.0217 e. The van der Waals surface area contributed by atoms with Crippen molar-refractivity contribution in [2.24, 2.45) is 0 Å². The van der Waals surface area contributed by atoms with Crippen LogP contribution in [0.4, 0.5) is 0 Å². The summed E-state index contributed by atoms with van der Waals surface area (Å²) in [6.45, 7) is 4.52. The van der Waals surface area contributed by atoms with Gasteiger partial charge in [0.15, 0.2) is 0 Å². The van der Waals surface area contributed by atoms with Gasteiger partial charge in [0, 0.05) is 6.42 Å². The van der Waals surface area contributed by atoms with Crippen molar-refractivity contribution in [3.8, 4) is 0 Å². The fourth-order valence-corrected chi connectivity index (χ4v) is 4.02. The first kappa shape index (κ1) is 11.8. The van der Waals surface area contributed by atoms with Crippen LogP contribution in [0.5, 0.6) is 0 Å². The summed E-state index contributed by atoms with van der Waals surface area (Å²) in [5.74, 6) is 2.33. The van der Waals surface area contributed by atoms with Gasteiger partial charge in [0.1, 0.15) is 0 Å². The second kappa shape index (κ2) is 4.78. The summed E-state index contributed by atoms with van der Waals surface area (Å²) in [7, 11) is 0.848. The van der Waals surface area contributed by atoms with Crippen LogP contribution in [0.1, 0.15) is 42.3 Å². The molecule has 2 aromatic rings. The normalized spacial score (nSPS) is 14.6. The van der Waals surface area contributed by atoms with Gasteiger partial charge in [-0.2, -0.15) is 0 Å². The molecule has 0 saturated carbocycles. The molecule has 1 unspecified atom stereocenters. The van der Waals surface area contributed by atoms with E-state index in [0.29, 0.717) is 0 Å². The molecule has 18 heavy (non-hydrogen) atoms. The summed E-state index contributed by atoms with van der Waals surface area (Å²) >= 11 is 0. The standard InChI is InChI=1S/C17H18P/c1-3-6-13-9-10-18-17(13)16-11-14-7-4-5-8-15(14)12(16)2/h4-5,7-11,18H,3,6H2,1-2H3. The van der Waals surface area contributed by atoms with Crippen LogP contribution >= 0.6 is 8.19 Å². The molecule has 0 aliphatic heterocycles. The molecule has 3 rings (SSSR count). The molecule has 1 atom stereocenters. The molecule has 1 heterocycles. The van der Waals surface area contributed by atoms with Crippen molar-refractivity contribution in [1.29, 1.82) is 0 Å². The minimum Gasteiger partial charge on any atom is -0.132 e. The lowest BCUT2D eigenvalue weighted by molar-refractivity contribution is 0.924. The van der Waals surface area contributed by atoms with Crippen molar-refractivity contribution in [2.45, 2.75) is 26.7 Å². The first-order valence-corrected chi connectivity index (χ1v) is 7.70. The second-order valence-corrected chi connectivity index (χ2v) is 6.02. The van der Waals surface area contributed by atoms with Gasteiger partial charge >= 0.3 is 0 Å². The first-order valence-electron chi connectivity index (χ1n) is 6.63. The molecule has 0 saturated heterocycles. The highest BCUT2D eigenvalue weighted by molar-refractivity contribution is 7.31. The lowest BCUT2D eigenvalue weighted by atomic mass is 10.0. The summed E-state index contributed by atoms with van der Waals surface area (Å²) in [4.78, 5) is 0. The largest absolute Gasteiger partial charge is 0.132 e. The molecular formula is C17H18P. The molecule has 1 heteroatoms. The van der Waals surface area contributed by atoms with Crippen LogP contribution in [0, 0.1) is 6.42 Å². The van der Waals surface area contributed by atoms with Gasteiger partial charge in [0.25, 0.3) is 0 Å². The molecule has 1 aliphatic rings. The van der Waals surface area contributed by atoms with Crippen molar-refractivity contribution < 1.29 is 0 Å². The van der Waals surface area contributed by atoms with E-state index in [4.69, 9.17) is 0 Å². The Kier molecular flexibility index (Phi) is 3.14. The third kappa shape index (κ3) is 1.85. The van der Waals surface area contributed by atoms with Crippen LogP contribution in [0.2, 0.25) is 0 Å². The molecule has 0 bridgehead atoms. The van der Waals surface area contributed by atoms with E-state index in [1.165, 1.54) is 35.1 Å². The second-order valence-electron chi connectivity index (χ2n) is 4.90. The van der Waals surface area contributed by atoms with Crippen LogP contribution in [0.3, 0.4) is 0 Å². The smallest absolute Gasteiger partial charge is 0.0217 e. The van der Waals surface area contributed by atoms with Crippen LogP contribution < -0.4 is 0 Å². The van der Waals surface area contributed by atoms with Gasteiger partial charge in [-0.1, -0.05) is 43.7 Å². The number of allylic oxidation sites excluding steroid dienone is 2. The zero-order chi connectivity index (χ0) is 12.5. The molecule has 0 fully saturated rings. The summed E-state index contributed by atoms with van der Waals surface area (Å²) in [6, 6.07) is 11.0. The quantitative estimate of drug-likeness (QED) is 0.708. The average molecular weight is 253 g/mol. The van der Waals surface area contributed by atoms with E-state index >= 15 is 0 Å². The molecule has 0 nitrogen and oxygen atoms in total. The number of rotatable bonds is 3. The van der Waals surface area contributed by atoms with Gasteiger partial charge in [-0.15, -0.1) is 8.19 Å². The minimum atomic E-state index is 0.848. The molecule has 1 radical (unpaired) electrons. The molecule has 1 aliphatic carbocycles. The van der Waals surface area contributed by atoms with E-state index in [0.717, 1.165) is 8.19 Å². The van der Waals surface area contributed by atoms with E-state index in [-0.39, 0.29) is 0 Å². The van der Waals surface area contributed by atoms with Gasteiger partial charge in [0.2, 0.25) is 0 Å². The number of aryl methyl sites for hydroxylation is 1. The summed E-state index contributed by atoms with van der Waals surface area (Å²) in [5.41, 5.74) is 7.26. The number of fused-ring (bicyclic) bond motifs is 1. The van der Waals surface area contributed by atoms with Gasteiger partial charge < -0.3 is 0 Å². The first-order chi connectivity index (χ1) is 8.81. The number of hydrogen-bond donors (Lipinski definition) is 0. The van der Waals surface area contributed by atoms with Gasteiger partial charge in [-0.3, -0.25) is 0 Å². The monoisotopic (exact) mass is 253 g/mol. The lowest BCUT2D eigenvalue weighted by Gasteiger charge is -2.06. The topological polar surface area (TPSA) is 0 Å². The van der Waals surface area contributed by atoms with Gasteiger partial charge in [0.05, 0.1) is 0 Å². The van der Waals surface area contributed by atoms with Crippen LogP contribution in [-0.2, 0) is 6.42 Å². The van der Waals surface area contributed by atoms with Crippen molar-refractivity contribution in [1.82, 2.24) is 0 Å². The van der Waals surface area contributed by atoms with E-state index in [2.05, 4.69) is 56.4 Å². The molecule has 0 spiro atoms. The Labute approximate surface area is 111 Å². The summed E-state index contributed by atoms with van der Waals surface area (Å²) in [5, 5.41) is 1.57. The lowest BCUT2D eigenvalue weighted by Crippen LogP contribution is -1.87. The molecule has 1 aromatic carbocycles. The zero-order valence-electron chi connectivity index (χ0n) is 11.0. The fourth-order valence-electron chi connectivity index (χ4n) is 2.76. The Balaban J connectivity index is 2.05. The van der Waals surface area contributed by atoms with E-state index in [1.54, 1.807) is 10.9 Å². The Bertz CT molecular complexity index is 602. The highest BCUT2D eigenvalue weighted by Crippen LogP contribution is 2.43. The highest BCUT2D eigenvalue weighted by atomic mass is 31.0. The van der Waals surface area contributed by atoms with Gasteiger partial charge in [-0.05, 0) is 52.3 Å². The molecule has 91 valence electrons. The van der Waals surface area contributed by atoms with Crippen molar-refractivity contribution in [3.05, 3.63) is 64.5 Å². The van der Waals surface area contributed by atoms with Gasteiger partial charge in [-0.25, -0.2) is 0 Å².